The van der Waals surface area contributed by atoms with Crippen molar-refractivity contribution in [2.24, 2.45) is 0 Å². The molecule has 0 saturated carbocycles. The first kappa shape index (κ1) is 15.5. The summed E-state index contributed by atoms with van der Waals surface area (Å²) in [6.45, 7) is 5.05. The number of fused-ring (bicyclic) bond motifs is 1. The number of benzene rings is 2. The lowest BCUT2D eigenvalue weighted by atomic mass is 10.0. The summed E-state index contributed by atoms with van der Waals surface area (Å²) < 4.78 is 16.4. The van der Waals surface area contributed by atoms with Gasteiger partial charge >= 0.3 is 0 Å². The normalized spacial score (nSPS) is 15.4. The van der Waals surface area contributed by atoms with Gasteiger partial charge in [0.15, 0.2) is 0 Å². The Hall–Kier alpha value is -1.36. The van der Waals surface area contributed by atoms with Gasteiger partial charge in [-0.3, -0.25) is 4.72 Å². The molecule has 0 spiro atoms. The second-order valence-electron chi connectivity index (χ2n) is 5.76. The third-order valence-electron chi connectivity index (χ3n) is 4.08. The summed E-state index contributed by atoms with van der Waals surface area (Å²) in [5, 5.41) is 3.41. The van der Waals surface area contributed by atoms with Crippen LogP contribution >= 0.6 is 11.9 Å². The Kier molecular flexibility index (Phi) is 5.13. The van der Waals surface area contributed by atoms with Crippen molar-refractivity contribution < 1.29 is 4.39 Å². The number of hydrogen-bond donors (Lipinski definition) is 2. The molecule has 1 atom stereocenters. The van der Waals surface area contributed by atoms with Crippen LogP contribution in [-0.4, -0.2) is 13.1 Å². The summed E-state index contributed by atoms with van der Waals surface area (Å²) in [4.78, 5) is 1.24. The second-order valence-corrected chi connectivity index (χ2v) is 6.72. The maximum absolute atomic E-state index is 12.9. The van der Waals surface area contributed by atoms with Gasteiger partial charge in [-0.1, -0.05) is 25.1 Å². The molecule has 2 N–H and O–H groups in total. The van der Waals surface area contributed by atoms with Crippen molar-refractivity contribution in [3.8, 4) is 0 Å². The van der Waals surface area contributed by atoms with E-state index in [0.29, 0.717) is 5.92 Å². The zero-order valence-electron chi connectivity index (χ0n) is 12.7. The zero-order chi connectivity index (χ0) is 15.4. The summed E-state index contributed by atoms with van der Waals surface area (Å²) in [5.41, 5.74) is 4.02. The van der Waals surface area contributed by atoms with Crippen LogP contribution in [-0.2, 0) is 13.0 Å². The third kappa shape index (κ3) is 3.88. The minimum absolute atomic E-state index is 0.180. The zero-order valence-corrected chi connectivity index (χ0v) is 13.5. The van der Waals surface area contributed by atoms with Crippen LogP contribution in [0.2, 0.25) is 0 Å². The van der Waals surface area contributed by atoms with Gasteiger partial charge in [0, 0.05) is 18.0 Å². The van der Waals surface area contributed by atoms with Gasteiger partial charge in [-0.2, -0.15) is 0 Å². The maximum Gasteiger partial charge on any atom is 0.123 e. The molecule has 4 heteroatoms. The van der Waals surface area contributed by atoms with E-state index in [1.54, 1.807) is 11.9 Å². The standard InChI is InChI=1S/C18H21FN2S/c1-13(14-2-5-17(19)6-3-14)11-21-22-18-7-4-15-8-9-20-12-16(15)10-18/h2-7,10,13,20-21H,8-9,11-12H2,1H3. The highest BCUT2D eigenvalue weighted by Gasteiger charge is 2.10. The Balaban J connectivity index is 1.53. The Morgan fingerprint density at radius 3 is 2.82 bits per heavy atom. The molecule has 2 nitrogen and oxygen atoms in total. The van der Waals surface area contributed by atoms with Crippen LogP contribution < -0.4 is 10.0 Å². The number of nitrogens with one attached hydrogen (secondary N) is 2. The summed E-state index contributed by atoms with van der Waals surface area (Å²) in [6, 6.07) is 13.5. The van der Waals surface area contributed by atoms with Gasteiger partial charge in [0.2, 0.25) is 0 Å². The lowest BCUT2D eigenvalue weighted by Gasteiger charge is -2.18. The lowest BCUT2D eigenvalue weighted by Crippen LogP contribution is -2.23. The van der Waals surface area contributed by atoms with E-state index >= 15 is 0 Å². The smallest absolute Gasteiger partial charge is 0.123 e. The molecule has 2 aromatic rings. The van der Waals surface area contributed by atoms with Gasteiger partial charge in [0.25, 0.3) is 0 Å². The Bertz CT molecular complexity index is 627. The average Bonchev–Trinajstić information content (AvgIpc) is 2.55. The van der Waals surface area contributed by atoms with Gasteiger partial charge in [-0.15, -0.1) is 0 Å². The molecule has 22 heavy (non-hydrogen) atoms. The van der Waals surface area contributed by atoms with Crippen LogP contribution in [0.5, 0.6) is 0 Å². The number of rotatable bonds is 5. The van der Waals surface area contributed by atoms with E-state index in [9.17, 15) is 4.39 Å². The van der Waals surface area contributed by atoms with Gasteiger partial charge in [0.05, 0.1) is 0 Å². The average molecular weight is 316 g/mol. The molecule has 1 aliphatic heterocycles. The molecule has 0 aromatic heterocycles. The predicted octanol–water partition coefficient (Wildman–Crippen LogP) is 3.87. The van der Waals surface area contributed by atoms with Crippen molar-refractivity contribution in [3.05, 3.63) is 65.0 Å². The fourth-order valence-corrected chi connectivity index (χ4v) is 3.52. The van der Waals surface area contributed by atoms with Crippen molar-refractivity contribution >= 4 is 11.9 Å². The van der Waals surface area contributed by atoms with E-state index in [1.807, 2.05) is 12.1 Å². The minimum Gasteiger partial charge on any atom is -0.312 e. The SMILES string of the molecule is CC(CNSc1ccc2c(c1)CNCC2)c1ccc(F)cc1. The van der Waals surface area contributed by atoms with Crippen molar-refractivity contribution in [2.75, 3.05) is 13.1 Å². The van der Waals surface area contributed by atoms with Crippen LogP contribution in [0.3, 0.4) is 0 Å². The molecule has 116 valence electrons. The molecule has 0 radical (unpaired) electrons. The Morgan fingerprint density at radius 1 is 1.18 bits per heavy atom. The highest BCUT2D eigenvalue weighted by molar-refractivity contribution is 7.97. The van der Waals surface area contributed by atoms with Gasteiger partial charge in [-0.25, -0.2) is 4.39 Å². The topological polar surface area (TPSA) is 24.1 Å². The van der Waals surface area contributed by atoms with Crippen molar-refractivity contribution in [2.45, 2.75) is 30.7 Å². The van der Waals surface area contributed by atoms with E-state index in [-0.39, 0.29) is 5.82 Å². The van der Waals surface area contributed by atoms with E-state index in [1.165, 1.54) is 28.2 Å². The number of hydrogen-bond acceptors (Lipinski definition) is 3. The first-order valence-corrected chi connectivity index (χ1v) is 8.52. The van der Waals surface area contributed by atoms with E-state index in [0.717, 1.165) is 31.6 Å². The molecule has 1 unspecified atom stereocenters. The van der Waals surface area contributed by atoms with Crippen LogP contribution in [0.1, 0.15) is 29.5 Å². The molecular weight excluding hydrogens is 295 g/mol. The Morgan fingerprint density at radius 2 is 2.00 bits per heavy atom. The van der Waals surface area contributed by atoms with E-state index < -0.39 is 0 Å². The summed E-state index contributed by atoms with van der Waals surface area (Å²) >= 11 is 1.67. The molecule has 0 bridgehead atoms. The second kappa shape index (κ2) is 7.27. The summed E-state index contributed by atoms with van der Waals surface area (Å²) in [5.74, 6) is 0.174. The van der Waals surface area contributed by atoms with Crippen LogP contribution in [0.15, 0.2) is 47.4 Å². The fourth-order valence-electron chi connectivity index (χ4n) is 2.68. The quantitative estimate of drug-likeness (QED) is 0.819. The van der Waals surface area contributed by atoms with E-state index in [4.69, 9.17) is 0 Å². The molecule has 0 saturated heterocycles. The highest BCUT2D eigenvalue weighted by Crippen LogP contribution is 2.23. The van der Waals surface area contributed by atoms with Crippen LogP contribution in [0, 0.1) is 5.82 Å². The molecule has 1 heterocycles. The Labute approximate surface area is 135 Å². The molecule has 0 aliphatic carbocycles. The van der Waals surface area contributed by atoms with Crippen LogP contribution in [0.4, 0.5) is 4.39 Å². The largest absolute Gasteiger partial charge is 0.312 e. The van der Waals surface area contributed by atoms with Crippen molar-refractivity contribution in [1.82, 2.24) is 10.0 Å². The van der Waals surface area contributed by atoms with E-state index in [2.05, 4.69) is 35.2 Å². The molecular formula is C18H21FN2S. The molecule has 2 aromatic carbocycles. The third-order valence-corrected chi connectivity index (χ3v) is 4.88. The molecule has 0 fully saturated rings. The first-order chi connectivity index (χ1) is 10.7. The molecule has 3 rings (SSSR count). The number of halogens is 1. The predicted molar refractivity (Wildman–Crippen MR) is 90.5 cm³/mol. The van der Waals surface area contributed by atoms with Crippen molar-refractivity contribution in [1.29, 1.82) is 0 Å². The highest BCUT2D eigenvalue weighted by atomic mass is 32.2. The maximum atomic E-state index is 12.9. The summed E-state index contributed by atoms with van der Waals surface area (Å²) in [7, 11) is 0. The first-order valence-electron chi connectivity index (χ1n) is 7.70. The minimum atomic E-state index is -0.180. The van der Waals surface area contributed by atoms with Gasteiger partial charge in [0.1, 0.15) is 5.82 Å². The summed E-state index contributed by atoms with van der Waals surface area (Å²) in [6.07, 6.45) is 1.12. The van der Waals surface area contributed by atoms with Gasteiger partial charge in [-0.05, 0) is 71.8 Å². The fraction of sp³-hybridized carbons (Fsp3) is 0.333. The monoisotopic (exact) mass is 316 g/mol. The van der Waals surface area contributed by atoms with Crippen LogP contribution in [0.25, 0.3) is 0 Å². The molecule has 1 aliphatic rings. The van der Waals surface area contributed by atoms with Crippen molar-refractivity contribution in [3.63, 3.8) is 0 Å². The van der Waals surface area contributed by atoms with Gasteiger partial charge < -0.3 is 5.32 Å². The lowest BCUT2D eigenvalue weighted by molar-refractivity contribution is 0.625. The molecule has 0 amide bonds.